The summed E-state index contributed by atoms with van der Waals surface area (Å²) < 4.78 is 0. The highest BCUT2D eigenvalue weighted by molar-refractivity contribution is 5.88. The average Bonchev–Trinajstić information content (AvgIpc) is 2.17. The fraction of sp³-hybridized carbons (Fsp3) is 0.300. The summed E-state index contributed by atoms with van der Waals surface area (Å²) in [6.07, 6.45) is -0.836. The van der Waals surface area contributed by atoms with E-state index in [0.29, 0.717) is 12.1 Å². The van der Waals surface area contributed by atoms with Crippen molar-refractivity contribution in [2.75, 3.05) is 4.90 Å². The number of para-hydroxylation sites is 1. The van der Waals surface area contributed by atoms with Gasteiger partial charge < -0.3 is 10.2 Å². The number of amides is 1. The summed E-state index contributed by atoms with van der Waals surface area (Å²) in [7, 11) is 0. The molecule has 0 bridgehead atoms. The van der Waals surface area contributed by atoms with Gasteiger partial charge in [0.1, 0.15) is 6.23 Å². The Morgan fingerprint density at radius 3 is 2.86 bits per heavy atom. The smallest absolute Gasteiger partial charge is 0.413 e. The number of anilines is 1. The Morgan fingerprint density at radius 1 is 1.43 bits per heavy atom. The molecule has 0 radical (unpaired) electrons. The number of benzene rings is 1. The zero-order valence-corrected chi connectivity index (χ0v) is 7.55. The van der Waals surface area contributed by atoms with Crippen molar-refractivity contribution >= 4 is 11.8 Å². The van der Waals surface area contributed by atoms with Crippen molar-refractivity contribution in [1.29, 1.82) is 0 Å². The van der Waals surface area contributed by atoms with Gasteiger partial charge in [-0.1, -0.05) is 18.2 Å². The summed E-state index contributed by atoms with van der Waals surface area (Å²) >= 11 is 0. The zero-order chi connectivity index (χ0) is 10.1. The standard InChI is InChI=1S/C10H11NO3/c12-9-6-5-7-3-1-2-4-8(7)11(9)10(13)14/h1-4,9,12H,5-6H2,(H,13,14). The number of hydrogen-bond donors (Lipinski definition) is 2. The minimum Gasteiger partial charge on any atom is -0.465 e. The molecule has 1 heterocycles. The fourth-order valence-electron chi connectivity index (χ4n) is 1.76. The van der Waals surface area contributed by atoms with Crippen LogP contribution in [0.2, 0.25) is 0 Å². The maximum atomic E-state index is 10.9. The van der Waals surface area contributed by atoms with Crippen LogP contribution in [0.25, 0.3) is 0 Å². The van der Waals surface area contributed by atoms with E-state index in [4.69, 9.17) is 5.11 Å². The van der Waals surface area contributed by atoms with E-state index in [1.807, 2.05) is 12.1 Å². The zero-order valence-electron chi connectivity index (χ0n) is 7.55. The summed E-state index contributed by atoms with van der Waals surface area (Å²) in [5, 5.41) is 18.5. The van der Waals surface area contributed by atoms with Crippen molar-refractivity contribution in [3.05, 3.63) is 29.8 Å². The van der Waals surface area contributed by atoms with Crippen molar-refractivity contribution in [1.82, 2.24) is 0 Å². The normalized spacial score (nSPS) is 20.4. The first-order valence-electron chi connectivity index (χ1n) is 4.48. The van der Waals surface area contributed by atoms with Crippen molar-refractivity contribution in [2.24, 2.45) is 0 Å². The van der Waals surface area contributed by atoms with Gasteiger partial charge in [-0.15, -0.1) is 0 Å². The van der Waals surface area contributed by atoms with Crippen LogP contribution in [0.3, 0.4) is 0 Å². The molecule has 0 saturated carbocycles. The molecule has 0 aliphatic carbocycles. The summed E-state index contributed by atoms with van der Waals surface area (Å²) in [6, 6.07) is 7.24. The summed E-state index contributed by atoms with van der Waals surface area (Å²) in [6.45, 7) is 0. The van der Waals surface area contributed by atoms with E-state index in [1.54, 1.807) is 12.1 Å². The second kappa shape index (κ2) is 3.31. The number of carboxylic acid groups (broad SMARTS) is 1. The van der Waals surface area contributed by atoms with Crippen molar-refractivity contribution in [3.63, 3.8) is 0 Å². The molecule has 0 fully saturated rings. The highest BCUT2D eigenvalue weighted by atomic mass is 16.4. The molecule has 1 aromatic rings. The third-order valence-corrected chi connectivity index (χ3v) is 2.43. The van der Waals surface area contributed by atoms with Crippen molar-refractivity contribution in [2.45, 2.75) is 19.1 Å². The van der Waals surface area contributed by atoms with Crippen LogP contribution >= 0.6 is 0 Å². The van der Waals surface area contributed by atoms with Gasteiger partial charge >= 0.3 is 6.09 Å². The summed E-state index contributed by atoms with van der Waals surface area (Å²) in [4.78, 5) is 11.9. The van der Waals surface area contributed by atoms with Crippen LogP contribution in [0.1, 0.15) is 12.0 Å². The molecule has 0 aromatic heterocycles. The maximum absolute atomic E-state index is 10.9. The molecule has 2 rings (SSSR count). The Labute approximate surface area is 81.4 Å². The van der Waals surface area contributed by atoms with E-state index >= 15 is 0 Å². The van der Waals surface area contributed by atoms with E-state index in [2.05, 4.69) is 0 Å². The van der Waals surface area contributed by atoms with Gasteiger partial charge in [-0.3, -0.25) is 4.90 Å². The van der Waals surface area contributed by atoms with Gasteiger partial charge in [-0.05, 0) is 24.5 Å². The molecule has 1 atom stereocenters. The lowest BCUT2D eigenvalue weighted by Gasteiger charge is -2.31. The topological polar surface area (TPSA) is 60.8 Å². The Hall–Kier alpha value is -1.55. The average molecular weight is 193 g/mol. The van der Waals surface area contributed by atoms with Crippen LogP contribution in [0.5, 0.6) is 0 Å². The first-order valence-corrected chi connectivity index (χ1v) is 4.48. The lowest BCUT2D eigenvalue weighted by molar-refractivity contribution is 0.137. The van der Waals surface area contributed by atoms with Crippen LogP contribution < -0.4 is 4.90 Å². The van der Waals surface area contributed by atoms with E-state index in [0.717, 1.165) is 16.9 Å². The van der Waals surface area contributed by atoms with Crippen LogP contribution in [0, 0.1) is 0 Å². The number of nitrogens with zero attached hydrogens (tertiary/aromatic N) is 1. The molecule has 4 heteroatoms. The monoisotopic (exact) mass is 193 g/mol. The minimum absolute atomic E-state index is 0.462. The number of aliphatic hydroxyl groups excluding tert-OH is 1. The predicted molar refractivity (Wildman–Crippen MR) is 51.3 cm³/mol. The highest BCUT2D eigenvalue weighted by Crippen LogP contribution is 2.29. The lowest BCUT2D eigenvalue weighted by Crippen LogP contribution is -2.42. The van der Waals surface area contributed by atoms with Gasteiger partial charge in [0.25, 0.3) is 0 Å². The molecule has 0 spiro atoms. The number of fused-ring (bicyclic) bond motifs is 1. The van der Waals surface area contributed by atoms with Gasteiger partial charge in [0.15, 0.2) is 0 Å². The number of carbonyl (C=O) groups is 1. The molecule has 74 valence electrons. The van der Waals surface area contributed by atoms with E-state index in [-0.39, 0.29) is 0 Å². The number of hydrogen-bond acceptors (Lipinski definition) is 2. The van der Waals surface area contributed by atoms with Gasteiger partial charge in [0.2, 0.25) is 0 Å². The predicted octanol–water partition coefficient (Wildman–Crippen LogP) is 1.44. The van der Waals surface area contributed by atoms with Crippen LogP contribution in [0.15, 0.2) is 24.3 Å². The maximum Gasteiger partial charge on any atom is 0.413 e. The van der Waals surface area contributed by atoms with Gasteiger partial charge in [0.05, 0.1) is 5.69 Å². The minimum atomic E-state index is -1.11. The quantitative estimate of drug-likeness (QED) is 0.655. The van der Waals surface area contributed by atoms with Crippen molar-refractivity contribution in [3.8, 4) is 0 Å². The largest absolute Gasteiger partial charge is 0.465 e. The first-order chi connectivity index (χ1) is 6.70. The Kier molecular flexibility index (Phi) is 2.13. The molecule has 1 aliphatic heterocycles. The number of aliphatic hydroxyl groups is 1. The third kappa shape index (κ3) is 1.33. The SMILES string of the molecule is O=C(O)N1c2ccccc2CCC1O. The fourth-order valence-corrected chi connectivity index (χ4v) is 1.76. The molecule has 1 amide bonds. The van der Waals surface area contributed by atoms with Crippen LogP contribution in [-0.2, 0) is 6.42 Å². The molecule has 1 aromatic carbocycles. The van der Waals surface area contributed by atoms with Gasteiger partial charge in [-0.25, -0.2) is 4.79 Å². The molecular weight excluding hydrogens is 182 g/mol. The van der Waals surface area contributed by atoms with E-state index in [1.165, 1.54) is 0 Å². The number of aryl methyl sites for hydroxylation is 1. The first kappa shape index (κ1) is 9.02. The van der Waals surface area contributed by atoms with Crippen LogP contribution in [-0.4, -0.2) is 22.5 Å². The van der Waals surface area contributed by atoms with Crippen LogP contribution in [0.4, 0.5) is 10.5 Å². The Bertz CT molecular complexity index is 364. The third-order valence-electron chi connectivity index (χ3n) is 2.43. The molecular formula is C10H11NO3. The second-order valence-electron chi connectivity index (χ2n) is 3.30. The van der Waals surface area contributed by atoms with E-state index < -0.39 is 12.3 Å². The van der Waals surface area contributed by atoms with Gasteiger partial charge in [-0.2, -0.15) is 0 Å². The molecule has 4 nitrogen and oxygen atoms in total. The molecule has 1 unspecified atom stereocenters. The lowest BCUT2D eigenvalue weighted by atomic mass is 10.0. The van der Waals surface area contributed by atoms with Gasteiger partial charge in [0, 0.05) is 0 Å². The van der Waals surface area contributed by atoms with Crippen molar-refractivity contribution < 1.29 is 15.0 Å². The Morgan fingerprint density at radius 2 is 2.14 bits per heavy atom. The Balaban J connectivity index is 2.46. The molecule has 2 N–H and O–H groups in total. The molecule has 1 aliphatic rings. The molecule has 14 heavy (non-hydrogen) atoms. The molecule has 0 saturated heterocycles. The summed E-state index contributed by atoms with van der Waals surface area (Å²) in [5.74, 6) is 0. The summed E-state index contributed by atoms with van der Waals surface area (Å²) in [5.41, 5.74) is 1.57. The second-order valence-corrected chi connectivity index (χ2v) is 3.30. The van der Waals surface area contributed by atoms with E-state index in [9.17, 15) is 9.90 Å². The number of rotatable bonds is 0. The highest BCUT2D eigenvalue weighted by Gasteiger charge is 2.28.